The SMILES string of the molecule is Nc1ccc(F)cc1.O=C(O)C(F)(F)F. The summed E-state index contributed by atoms with van der Waals surface area (Å²) < 4.78 is 43.8. The second kappa shape index (κ2) is 5.18. The van der Waals surface area contributed by atoms with Crippen molar-refractivity contribution in [3.8, 4) is 0 Å². The van der Waals surface area contributed by atoms with Gasteiger partial charge in [-0.05, 0) is 24.3 Å². The highest BCUT2D eigenvalue weighted by molar-refractivity contribution is 5.73. The van der Waals surface area contributed by atoms with Crippen molar-refractivity contribution in [2.45, 2.75) is 6.18 Å². The molecule has 1 rings (SSSR count). The van der Waals surface area contributed by atoms with Crippen LogP contribution in [-0.2, 0) is 4.79 Å². The lowest BCUT2D eigenvalue weighted by Crippen LogP contribution is -2.21. The number of halogens is 4. The van der Waals surface area contributed by atoms with E-state index in [9.17, 15) is 17.6 Å². The first-order valence-electron chi connectivity index (χ1n) is 3.54. The summed E-state index contributed by atoms with van der Waals surface area (Å²) in [6.07, 6.45) is -5.08. The molecule has 0 heterocycles. The Morgan fingerprint density at radius 2 is 1.53 bits per heavy atom. The monoisotopic (exact) mass is 225 g/mol. The predicted molar refractivity (Wildman–Crippen MR) is 44.5 cm³/mol. The van der Waals surface area contributed by atoms with Gasteiger partial charge in [0.25, 0.3) is 0 Å². The molecule has 0 bridgehead atoms. The summed E-state index contributed by atoms with van der Waals surface area (Å²) in [5.74, 6) is -3.01. The molecule has 3 nitrogen and oxygen atoms in total. The molecule has 0 saturated carbocycles. The van der Waals surface area contributed by atoms with Gasteiger partial charge in [-0.1, -0.05) is 0 Å². The lowest BCUT2D eigenvalue weighted by Gasteiger charge is -1.93. The van der Waals surface area contributed by atoms with Crippen LogP contribution in [0.5, 0.6) is 0 Å². The number of nitrogens with two attached hydrogens (primary N) is 1. The number of carboxylic acid groups (broad SMARTS) is 1. The van der Waals surface area contributed by atoms with E-state index in [4.69, 9.17) is 15.6 Å². The molecule has 0 aliphatic rings. The Balaban J connectivity index is 0.000000265. The fourth-order valence-electron chi connectivity index (χ4n) is 0.463. The van der Waals surface area contributed by atoms with E-state index in [2.05, 4.69) is 0 Å². The minimum absolute atomic E-state index is 0.251. The van der Waals surface area contributed by atoms with Crippen LogP contribution in [-0.4, -0.2) is 17.3 Å². The molecule has 1 aromatic rings. The van der Waals surface area contributed by atoms with Crippen LogP contribution in [0.1, 0.15) is 0 Å². The van der Waals surface area contributed by atoms with Gasteiger partial charge in [-0.25, -0.2) is 9.18 Å². The average Bonchev–Trinajstić information content (AvgIpc) is 2.09. The average molecular weight is 225 g/mol. The smallest absolute Gasteiger partial charge is 0.475 e. The second-order valence-electron chi connectivity index (χ2n) is 2.35. The number of hydrogen-bond acceptors (Lipinski definition) is 2. The van der Waals surface area contributed by atoms with Gasteiger partial charge in [0.05, 0.1) is 0 Å². The largest absolute Gasteiger partial charge is 0.490 e. The lowest BCUT2D eigenvalue weighted by atomic mass is 10.3. The van der Waals surface area contributed by atoms with Gasteiger partial charge >= 0.3 is 12.1 Å². The summed E-state index contributed by atoms with van der Waals surface area (Å²) in [5, 5.41) is 7.12. The summed E-state index contributed by atoms with van der Waals surface area (Å²) >= 11 is 0. The molecule has 0 radical (unpaired) electrons. The summed E-state index contributed by atoms with van der Waals surface area (Å²) in [6, 6.07) is 5.70. The molecule has 0 saturated heterocycles. The molecule has 0 aromatic heterocycles. The summed E-state index contributed by atoms with van der Waals surface area (Å²) in [6.45, 7) is 0. The Morgan fingerprint density at radius 1 is 1.20 bits per heavy atom. The number of anilines is 1. The molecule has 0 fully saturated rings. The van der Waals surface area contributed by atoms with Crippen LogP contribution in [0.2, 0.25) is 0 Å². The Kier molecular flexibility index (Phi) is 4.56. The first kappa shape index (κ1) is 13.2. The fraction of sp³-hybridized carbons (Fsp3) is 0.125. The highest BCUT2D eigenvalue weighted by Gasteiger charge is 2.38. The standard InChI is InChI=1S/C6H6FN.C2HF3O2/c7-5-1-3-6(8)4-2-5;3-2(4,5)1(6)7/h1-4H,8H2;(H,6,7). The van der Waals surface area contributed by atoms with Crippen molar-refractivity contribution in [3.05, 3.63) is 30.1 Å². The molecule has 0 spiro atoms. The van der Waals surface area contributed by atoms with Gasteiger partial charge < -0.3 is 10.8 Å². The lowest BCUT2D eigenvalue weighted by molar-refractivity contribution is -0.192. The number of carbonyl (C=O) groups is 1. The number of aliphatic carboxylic acids is 1. The maximum absolute atomic E-state index is 12.0. The Hall–Kier alpha value is -1.79. The third-order valence-corrected chi connectivity index (χ3v) is 1.11. The minimum atomic E-state index is -5.08. The number of carboxylic acids is 1. The molecular weight excluding hydrogens is 218 g/mol. The van der Waals surface area contributed by atoms with E-state index in [1.165, 1.54) is 24.3 Å². The topological polar surface area (TPSA) is 63.3 Å². The van der Waals surface area contributed by atoms with Gasteiger partial charge in [0.2, 0.25) is 0 Å². The Bertz CT molecular complexity index is 299. The maximum Gasteiger partial charge on any atom is 0.490 e. The van der Waals surface area contributed by atoms with Gasteiger partial charge in [0.1, 0.15) is 5.82 Å². The molecule has 7 heteroatoms. The van der Waals surface area contributed by atoms with Crippen LogP contribution in [0.3, 0.4) is 0 Å². The van der Waals surface area contributed by atoms with Crippen molar-refractivity contribution in [2.24, 2.45) is 0 Å². The number of alkyl halides is 3. The second-order valence-corrected chi connectivity index (χ2v) is 2.35. The van der Waals surface area contributed by atoms with E-state index in [1.54, 1.807) is 0 Å². The third kappa shape index (κ3) is 6.30. The highest BCUT2D eigenvalue weighted by Crippen LogP contribution is 2.13. The van der Waals surface area contributed by atoms with E-state index >= 15 is 0 Å². The van der Waals surface area contributed by atoms with Crippen molar-refractivity contribution in [1.29, 1.82) is 0 Å². The van der Waals surface area contributed by atoms with Gasteiger partial charge in [0.15, 0.2) is 0 Å². The van der Waals surface area contributed by atoms with Crippen molar-refractivity contribution in [1.82, 2.24) is 0 Å². The van der Waals surface area contributed by atoms with Crippen LogP contribution in [0, 0.1) is 5.82 Å². The van der Waals surface area contributed by atoms with Crippen molar-refractivity contribution < 1.29 is 27.5 Å². The van der Waals surface area contributed by atoms with Crippen LogP contribution >= 0.6 is 0 Å². The van der Waals surface area contributed by atoms with E-state index in [0.29, 0.717) is 5.69 Å². The van der Waals surface area contributed by atoms with E-state index in [-0.39, 0.29) is 5.82 Å². The molecule has 84 valence electrons. The molecule has 1 aromatic carbocycles. The fourth-order valence-corrected chi connectivity index (χ4v) is 0.463. The van der Waals surface area contributed by atoms with Gasteiger partial charge in [-0.3, -0.25) is 0 Å². The predicted octanol–water partition coefficient (Wildman–Crippen LogP) is 2.04. The van der Waals surface area contributed by atoms with Gasteiger partial charge in [-0.15, -0.1) is 0 Å². The molecule has 0 aliphatic heterocycles. The van der Waals surface area contributed by atoms with Gasteiger partial charge in [-0.2, -0.15) is 13.2 Å². The Morgan fingerprint density at radius 3 is 1.73 bits per heavy atom. The molecular formula is C8H7F4NO2. The zero-order valence-electron chi connectivity index (χ0n) is 7.25. The van der Waals surface area contributed by atoms with Crippen LogP contribution < -0.4 is 5.73 Å². The third-order valence-electron chi connectivity index (χ3n) is 1.11. The zero-order chi connectivity index (χ0) is 12.1. The normalized spacial score (nSPS) is 10.1. The highest BCUT2D eigenvalue weighted by atomic mass is 19.4. The van der Waals surface area contributed by atoms with Crippen LogP contribution in [0.25, 0.3) is 0 Å². The number of hydrogen-bond donors (Lipinski definition) is 2. The minimum Gasteiger partial charge on any atom is -0.475 e. The number of nitrogen functional groups attached to an aromatic ring is 1. The van der Waals surface area contributed by atoms with Crippen molar-refractivity contribution in [3.63, 3.8) is 0 Å². The van der Waals surface area contributed by atoms with E-state index in [1.807, 2.05) is 0 Å². The molecule has 0 amide bonds. The van der Waals surface area contributed by atoms with Crippen LogP contribution in [0.4, 0.5) is 23.2 Å². The zero-order valence-corrected chi connectivity index (χ0v) is 7.25. The van der Waals surface area contributed by atoms with Gasteiger partial charge in [0, 0.05) is 5.69 Å². The summed E-state index contributed by atoms with van der Waals surface area (Å²) in [5.41, 5.74) is 5.85. The maximum atomic E-state index is 12.0. The molecule has 0 aliphatic carbocycles. The molecule has 0 unspecified atom stereocenters. The van der Waals surface area contributed by atoms with E-state index in [0.717, 1.165) is 0 Å². The van der Waals surface area contributed by atoms with Crippen LogP contribution in [0.15, 0.2) is 24.3 Å². The molecule has 3 N–H and O–H groups in total. The van der Waals surface area contributed by atoms with Crippen molar-refractivity contribution >= 4 is 11.7 Å². The molecule has 15 heavy (non-hydrogen) atoms. The number of benzene rings is 1. The number of rotatable bonds is 0. The first-order chi connectivity index (χ1) is 6.73. The molecule has 0 atom stereocenters. The van der Waals surface area contributed by atoms with E-state index < -0.39 is 12.1 Å². The summed E-state index contributed by atoms with van der Waals surface area (Å²) in [7, 11) is 0. The summed E-state index contributed by atoms with van der Waals surface area (Å²) in [4.78, 5) is 8.90. The van der Waals surface area contributed by atoms with Crippen molar-refractivity contribution in [2.75, 3.05) is 5.73 Å². The Labute approximate surface area is 82.1 Å². The quantitative estimate of drug-likeness (QED) is 0.524. The first-order valence-corrected chi connectivity index (χ1v) is 3.54.